The van der Waals surface area contributed by atoms with E-state index >= 15 is 0 Å². The molecular formula is C44H60N2Na2O16S3. The largest absolute Gasteiger partial charge is 1.00 e. The van der Waals surface area contributed by atoms with E-state index in [0.717, 1.165) is 17.2 Å². The van der Waals surface area contributed by atoms with E-state index in [9.17, 15) is 48.8 Å². The Labute approximate surface area is 439 Å². The van der Waals surface area contributed by atoms with Crippen molar-refractivity contribution in [1.29, 1.82) is 0 Å². The maximum absolute atomic E-state index is 12.1. The topological polar surface area (TPSA) is 265 Å². The summed E-state index contributed by atoms with van der Waals surface area (Å²) < 4.78 is 136. The van der Waals surface area contributed by atoms with Crippen molar-refractivity contribution in [2.45, 2.75) is 75.5 Å². The first-order valence-corrected chi connectivity index (χ1v) is 25.7. The maximum Gasteiger partial charge on any atom is 1.00 e. The van der Waals surface area contributed by atoms with Gasteiger partial charge in [-0.1, -0.05) is 26.8 Å². The van der Waals surface area contributed by atoms with Gasteiger partial charge in [0, 0.05) is 66.4 Å². The third kappa shape index (κ3) is 19.6. The van der Waals surface area contributed by atoms with Crippen LogP contribution >= 0.6 is 0 Å². The maximum atomic E-state index is 12.1. The number of carboxylic acids is 1. The van der Waals surface area contributed by atoms with Crippen molar-refractivity contribution >= 4 is 48.1 Å². The zero-order valence-electron chi connectivity index (χ0n) is 39.5. The molecule has 1 aromatic rings. The predicted octanol–water partition coefficient (Wildman–Crippen LogP) is -2.14. The van der Waals surface area contributed by atoms with Crippen molar-refractivity contribution in [1.82, 2.24) is 4.58 Å². The Morgan fingerprint density at radius 2 is 1.43 bits per heavy atom. The predicted molar refractivity (Wildman–Crippen MR) is 239 cm³/mol. The Hall–Kier alpha value is -2.03. The van der Waals surface area contributed by atoms with E-state index in [-0.39, 0.29) is 116 Å². The van der Waals surface area contributed by atoms with E-state index in [1.165, 1.54) is 12.1 Å². The molecule has 0 amide bonds. The van der Waals surface area contributed by atoms with Crippen LogP contribution in [0.25, 0.3) is 17.4 Å². The first-order valence-electron chi connectivity index (χ1n) is 21.2. The van der Waals surface area contributed by atoms with Gasteiger partial charge in [0.1, 0.15) is 34.8 Å². The molecule has 362 valence electrons. The van der Waals surface area contributed by atoms with Gasteiger partial charge in [0.05, 0.1) is 70.8 Å². The van der Waals surface area contributed by atoms with Gasteiger partial charge >= 0.3 is 65.1 Å². The van der Waals surface area contributed by atoms with Gasteiger partial charge in [-0.2, -0.15) is 0 Å². The van der Waals surface area contributed by atoms with Crippen LogP contribution in [-0.4, -0.2) is 134 Å². The van der Waals surface area contributed by atoms with Crippen LogP contribution in [0.5, 0.6) is 0 Å². The average molecular weight is 1020 g/mol. The van der Waals surface area contributed by atoms with E-state index in [4.69, 9.17) is 23.4 Å². The molecule has 1 unspecified atom stereocenters. The van der Waals surface area contributed by atoms with Crippen molar-refractivity contribution in [3.63, 3.8) is 0 Å². The summed E-state index contributed by atoms with van der Waals surface area (Å²) in [6.45, 7) is 11.3. The molecule has 2 heterocycles. The SMILES string of the molecule is COCCOCCOCCOCC[N+](CCCS(=O)(=O)[O-])=c1ccc2c(C(C)(C)C)cc(/C=C/C=C3/N(CCCS(=O)(=O)[O-])c4ccc(S(=O)(=O)[O-])cc4C3(C)CCCC(=O)O)oc-2c1.[Na+].[Na+]. The van der Waals surface area contributed by atoms with Gasteiger partial charge in [-0.05, 0) is 85.2 Å². The molecule has 0 bridgehead atoms. The number of hydrogen-bond donors (Lipinski definition) is 1. The molecule has 1 N–H and O–H groups in total. The van der Waals surface area contributed by atoms with Gasteiger partial charge < -0.3 is 47.0 Å². The van der Waals surface area contributed by atoms with Gasteiger partial charge in [-0.15, -0.1) is 0 Å². The summed E-state index contributed by atoms with van der Waals surface area (Å²) >= 11 is 0. The summed E-state index contributed by atoms with van der Waals surface area (Å²) in [5.74, 6) is -1.31. The minimum Gasteiger partial charge on any atom is -0.748 e. The number of rotatable bonds is 27. The Morgan fingerprint density at radius 3 is 2.01 bits per heavy atom. The first-order chi connectivity index (χ1) is 30.4. The summed E-state index contributed by atoms with van der Waals surface area (Å²) in [6, 6.07) is 11.4. The Kier molecular flexibility index (Phi) is 25.1. The number of aliphatic carboxylic acids is 1. The number of methoxy groups -OCH3 is 1. The number of ether oxygens (including phenoxy) is 4. The minimum atomic E-state index is -4.89. The molecular weight excluding hydrogens is 955 g/mol. The molecule has 0 fully saturated rings. The zero-order valence-corrected chi connectivity index (χ0v) is 45.9. The standard InChI is InChI=1S/C44H62N2O16S3.2Na/c1-43(2,3)37-31-34(62-40-30-33(13-15-36(37)40)45(18-8-28-63(49,50)51)20-21-59-24-25-61-27-26-60-23-22-58-5)10-6-11-41-44(4,17-7-12-42(47)48)38-32-35(65(55,56)57)14-16-39(38)46(41)19-9-29-64(52,53)54;;/h6,10-11,13-16,30-32H,7-9,12,17-29H2,1-5H3,(H3-,47,48,49,50,51,52,53,54,55,56,57);;/q;2*+1/p-2. The normalized spacial score (nSPS) is 16.6. The van der Waals surface area contributed by atoms with Crippen LogP contribution in [0.2, 0.25) is 0 Å². The van der Waals surface area contributed by atoms with Gasteiger partial charge in [-0.3, -0.25) is 4.79 Å². The van der Waals surface area contributed by atoms with Crippen LogP contribution in [0, 0.1) is 0 Å². The van der Waals surface area contributed by atoms with Crippen molar-refractivity contribution in [2.24, 2.45) is 0 Å². The Bertz CT molecular complexity index is 2540. The molecule has 23 heteroatoms. The summed E-state index contributed by atoms with van der Waals surface area (Å²) in [7, 11) is -12.3. The van der Waals surface area contributed by atoms with E-state index < -0.39 is 58.1 Å². The summed E-state index contributed by atoms with van der Waals surface area (Å²) in [5, 5.41) is 10.2. The monoisotopic (exact) mass is 1010 g/mol. The van der Waals surface area contributed by atoms with Crippen LogP contribution < -0.4 is 73.9 Å². The number of benzene rings is 2. The van der Waals surface area contributed by atoms with E-state index in [1.807, 2.05) is 49.6 Å². The van der Waals surface area contributed by atoms with Gasteiger partial charge in [-0.25, -0.2) is 29.8 Å². The third-order valence-corrected chi connectivity index (χ3v) is 13.2. The molecule has 18 nitrogen and oxygen atoms in total. The number of carboxylic acid groups (broad SMARTS) is 1. The molecule has 1 aliphatic carbocycles. The van der Waals surface area contributed by atoms with Crippen LogP contribution in [0.15, 0.2) is 69.6 Å². The third-order valence-electron chi connectivity index (χ3n) is 10.8. The minimum absolute atomic E-state index is 0. The van der Waals surface area contributed by atoms with Crippen molar-refractivity contribution in [2.75, 3.05) is 89.4 Å². The molecule has 0 aromatic heterocycles. The Balaban J connectivity index is 0.00000771. The van der Waals surface area contributed by atoms with Crippen LogP contribution in [0.1, 0.15) is 76.7 Å². The first kappa shape index (κ1) is 61.1. The van der Waals surface area contributed by atoms with E-state index in [0.29, 0.717) is 80.0 Å². The van der Waals surface area contributed by atoms with Crippen LogP contribution in [0.4, 0.5) is 5.69 Å². The van der Waals surface area contributed by atoms with Gasteiger partial charge in [0.2, 0.25) is 5.36 Å². The Morgan fingerprint density at radius 1 is 0.821 bits per heavy atom. The fraction of sp³-hybridized carbons (Fsp3) is 0.545. The quantitative estimate of drug-likeness (QED) is 0.0370. The molecule has 4 rings (SSSR count). The number of anilines is 1. The summed E-state index contributed by atoms with van der Waals surface area (Å²) in [6.07, 6.45) is 5.34. The number of hydrogen-bond acceptors (Lipinski definition) is 16. The summed E-state index contributed by atoms with van der Waals surface area (Å²) in [4.78, 5) is 12.8. The van der Waals surface area contributed by atoms with Crippen molar-refractivity contribution in [3.05, 3.63) is 82.6 Å². The van der Waals surface area contributed by atoms with E-state index in [2.05, 4.69) is 0 Å². The molecule has 0 saturated carbocycles. The molecule has 2 aliphatic heterocycles. The van der Waals surface area contributed by atoms with Gasteiger partial charge in [0.15, 0.2) is 6.54 Å². The fourth-order valence-corrected chi connectivity index (χ4v) is 9.13. The van der Waals surface area contributed by atoms with E-state index in [1.54, 1.807) is 37.2 Å². The van der Waals surface area contributed by atoms with Crippen LogP contribution in [-0.2, 0) is 64.9 Å². The summed E-state index contributed by atoms with van der Waals surface area (Å²) in [5.41, 5.74) is 1.79. The zero-order chi connectivity index (χ0) is 48.1. The second-order valence-electron chi connectivity index (χ2n) is 16.8. The van der Waals surface area contributed by atoms with Crippen LogP contribution in [0.3, 0.4) is 0 Å². The molecule has 0 saturated heterocycles. The smallest absolute Gasteiger partial charge is 0.748 e. The fourth-order valence-electron chi connectivity index (χ4n) is 7.67. The number of allylic oxidation sites excluding steroid dienone is 3. The molecule has 1 aromatic carbocycles. The average Bonchev–Trinajstić information content (AvgIpc) is 3.42. The number of carbonyl (C=O) groups is 1. The second-order valence-corrected chi connectivity index (χ2v) is 21.2. The van der Waals surface area contributed by atoms with Gasteiger partial charge in [0.25, 0.3) is 0 Å². The second kappa shape index (κ2) is 27.5. The molecule has 67 heavy (non-hydrogen) atoms. The van der Waals surface area contributed by atoms with Crippen molar-refractivity contribution < 1.29 is 131 Å². The number of fused-ring (bicyclic) bond motifs is 2. The molecule has 3 aliphatic rings. The molecule has 0 radical (unpaired) electrons. The molecule has 0 spiro atoms. The number of nitrogens with zero attached hydrogens (tertiary/aromatic N) is 2. The molecule has 1 atom stereocenters. The van der Waals surface area contributed by atoms with Crippen molar-refractivity contribution in [3.8, 4) is 11.3 Å².